The highest BCUT2D eigenvalue weighted by Crippen LogP contribution is 2.45. The maximum absolute atomic E-state index is 12.3. The molecule has 0 aromatic heterocycles. The normalized spacial score (nSPS) is 30.7. The lowest BCUT2D eigenvalue weighted by molar-refractivity contribution is -0.181. The molecule has 10 heteroatoms. The summed E-state index contributed by atoms with van der Waals surface area (Å²) in [6.45, 7) is 3.76. The van der Waals surface area contributed by atoms with Crippen molar-refractivity contribution in [3.05, 3.63) is 0 Å². The summed E-state index contributed by atoms with van der Waals surface area (Å²) in [5, 5.41) is 0. The van der Waals surface area contributed by atoms with Gasteiger partial charge in [0.25, 0.3) is 10.1 Å². The second-order valence-electron chi connectivity index (χ2n) is 6.80. The molecule has 0 aromatic carbocycles. The number of aldehydes is 1. The predicted molar refractivity (Wildman–Crippen MR) is 89.8 cm³/mol. The molecule has 1 N–H and O–H groups in total. The van der Waals surface area contributed by atoms with Crippen molar-refractivity contribution in [2.75, 3.05) is 19.0 Å². The van der Waals surface area contributed by atoms with Gasteiger partial charge < -0.3 is 9.47 Å². The van der Waals surface area contributed by atoms with Crippen molar-refractivity contribution in [1.82, 2.24) is 4.90 Å². The minimum absolute atomic E-state index is 0.00865. The number of hydrogen-bond donors (Lipinski definition) is 1. The van der Waals surface area contributed by atoms with E-state index in [1.54, 1.807) is 18.7 Å². The highest BCUT2D eigenvalue weighted by Gasteiger charge is 2.57. The van der Waals surface area contributed by atoms with E-state index >= 15 is 0 Å². The molecule has 148 valence electrons. The van der Waals surface area contributed by atoms with Crippen LogP contribution >= 0.6 is 0 Å². The van der Waals surface area contributed by atoms with Crippen molar-refractivity contribution < 1.29 is 36.8 Å². The molecule has 2 heterocycles. The predicted octanol–water partition coefficient (Wildman–Crippen LogP) is 0.181. The summed E-state index contributed by atoms with van der Waals surface area (Å²) in [6, 6.07) is -0.539. The van der Waals surface area contributed by atoms with E-state index in [-0.39, 0.29) is 44.7 Å². The van der Waals surface area contributed by atoms with Crippen LogP contribution in [0, 0.1) is 5.92 Å². The van der Waals surface area contributed by atoms with Gasteiger partial charge in [0.15, 0.2) is 12.5 Å². The van der Waals surface area contributed by atoms with Crippen LogP contribution in [-0.4, -0.2) is 72.7 Å². The van der Waals surface area contributed by atoms with Gasteiger partial charge in [-0.15, -0.1) is 0 Å². The summed E-state index contributed by atoms with van der Waals surface area (Å²) in [4.78, 5) is 37.6. The maximum Gasteiger partial charge on any atom is 0.309 e. The van der Waals surface area contributed by atoms with Gasteiger partial charge in [-0.25, -0.2) is 0 Å². The molecule has 26 heavy (non-hydrogen) atoms. The first-order chi connectivity index (χ1) is 12.2. The number of carbonyl (C=O) groups is 3. The lowest BCUT2D eigenvalue weighted by atomic mass is 9.70. The highest BCUT2D eigenvalue weighted by atomic mass is 32.2. The van der Waals surface area contributed by atoms with E-state index in [0.717, 1.165) is 0 Å². The van der Waals surface area contributed by atoms with Crippen molar-refractivity contribution in [1.29, 1.82) is 0 Å². The third kappa shape index (κ3) is 4.48. The fraction of sp³-hybridized carbons (Fsp3) is 0.812. The number of carbonyl (C=O) groups excluding carboxylic acids is 3. The minimum Gasteiger partial charge on any atom is -0.466 e. The maximum atomic E-state index is 12.3. The van der Waals surface area contributed by atoms with Crippen LogP contribution in [0.3, 0.4) is 0 Å². The van der Waals surface area contributed by atoms with Crippen LogP contribution < -0.4 is 0 Å². The number of hydrogen-bond acceptors (Lipinski definition) is 8. The van der Waals surface area contributed by atoms with E-state index in [1.807, 2.05) is 0 Å². The van der Waals surface area contributed by atoms with Gasteiger partial charge in [-0.1, -0.05) is 0 Å². The van der Waals surface area contributed by atoms with E-state index in [1.165, 1.54) is 0 Å². The molecular formula is C16H25NO8S. The molecular weight excluding hydrogens is 366 g/mol. The molecule has 2 saturated heterocycles. The zero-order chi connectivity index (χ0) is 19.5. The van der Waals surface area contributed by atoms with Crippen molar-refractivity contribution in [3.8, 4) is 0 Å². The second-order valence-corrected chi connectivity index (χ2v) is 8.25. The third-order valence-corrected chi connectivity index (χ3v) is 5.81. The van der Waals surface area contributed by atoms with Gasteiger partial charge in [0.05, 0.1) is 18.3 Å². The average molecular weight is 391 g/mol. The Morgan fingerprint density at radius 2 is 2.12 bits per heavy atom. The molecule has 2 bridgehead atoms. The summed E-state index contributed by atoms with van der Waals surface area (Å²) in [5.74, 6) is -2.00. The largest absolute Gasteiger partial charge is 0.466 e. The first-order valence-corrected chi connectivity index (χ1v) is 10.3. The summed E-state index contributed by atoms with van der Waals surface area (Å²) in [7, 11) is -4.48. The van der Waals surface area contributed by atoms with Crippen LogP contribution in [0.4, 0.5) is 0 Å². The Balaban J connectivity index is 2.48. The number of nitrogens with zero attached hydrogens (tertiary/aromatic N) is 1. The smallest absolute Gasteiger partial charge is 0.309 e. The van der Waals surface area contributed by atoms with Gasteiger partial charge in [-0.3, -0.25) is 23.8 Å². The first kappa shape index (κ1) is 20.9. The van der Waals surface area contributed by atoms with E-state index < -0.39 is 45.6 Å². The second kappa shape index (κ2) is 8.12. The van der Waals surface area contributed by atoms with Crippen LogP contribution in [0.15, 0.2) is 0 Å². The Morgan fingerprint density at radius 1 is 1.42 bits per heavy atom. The van der Waals surface area contributed by atoms with Gasteiger partial charge in [0, 0.05) is 31.0 Å². The zero-order valence-electron chi connectivity index (χ0n) is 14.9. The van der Waals surface area contributed by atoms with Crippen molar-refractivity contribution in [2.45, 2.75) is 57.3 Å². The quantitative estimate of drug-likeness (QED) is 0.350. The summed E-state index contributed by atoms with van der Waals surface area (Å²) >= 11 is 0. The topological polar surface area (TPSA) is 127 Å². The molecule has 0 radical (unpaired) electrons. The van der Waals surface area contributed by atoms with Gasteiger partial charge in [-0.2, -0.15) is 8.42 Å². The molecule has 9 nitrogen and oxygen atoms in total. The SMILES string of the molecule is CCOC(=O)C1CC2CC(=O)CC(CS(=O)(=O)O)(C1)N2C(C=O)OCC. The molecule has 2 aliphatic rings. The Morgan fingerprint density at radius 3 is 2.65 bits per heavy atom. The average Bonchev–Trinajstić information content (AvgIpc) is 2.50. The van der Waals surface area contributed by atoms with Gasteiger partial charge in [0.2, 0.25) is 0 Å². The standard InChI is InChI=1S/C16H25NO8S/c1-3-24-14(9-18)17-12-5-11(15(20)25-4-2)7-16(17,8-13(19)6-12)10-26(21,22)23/h9,11-12,14H,3-8,10H2,1-2H3,(H,21,22,23). The number of ketones is 1. The molecule has 0 amide bonds. The van der Waals surface area contributed by atoms with Crippen LogP contribution in [0.5, 0.6) is 0 Å². The molecule has 4 atom stereocenters. The monoisotopic (exact) mass is 391 g/mol. The fourth-order valence-electron chi connectivity index (χ4n) is 4.32. The molecule has 2 aliphatic heterocycles. The van der Waals surface area contributed by atoms with Crippen molar-refractivity contribution in [2.24, 2.45) is 5.92 Å². The Bertz CT molecular complexity index is 663. The van der Waals surface area contributed by atoms with Crippen LogP contribution in [-0.2, 0) is 34.0 Å². The Kier molecular flexibility index (Phi) is 6.54. The molecule has 4 unspecified atom stereocenters. The minimum atomic E-state index is -4.48. The van der Waals surface area contributed by atoms with Gasteiger partial charge in [0.1, 0.15) is 5.78 Å². The fourth-order valence-corrected chi connectivity index (χ4v) is 5.37. The molecule has 0 aromatic rings. The van der Waals surface area contributed by atoms with E-state index in [2.05, 4.69) is 0 Å². The Labute approximate surface area is 152 Å². The van der Waals surface area contributed by atoms with E-state index in [4.69, 9.17) is 9.47 Å². The number of piperidine rings is 2. The summed E-state index contributed by atoms with van der Waals surface area (Å²) in [6.07, 6.45) is -0.351. The lowest BCUT2D eigenvalue weighted by Crippen LogP contribution is -2.69. The lowest BCUT2D eigenvalue weighted by Gasteiger charge is -2.56. The number of Topliss-reactive ketones (excluding diaryl/α,β-unsaturated/α-hetero) is 1. The molecule has 2 rings (SSSR count). The highest BCUT2D eigenvalue weighted by molar-refractivity contribution is 7.85. The third-order valence-electron chi connectivity index (χ3n) is 4.91. The molecule has 0 spiro atoms. The van der Waals surface area contributed by atoms with Gasteiger partial charge >= 0.3 is 5.97 Å². The summed E-state index contributed by atoms with van der Waals surface area (Å²) in [5.41, 5.74) is -1.38. The number of rotatable bonds is 8. The number of ether oxygens (including phenoxy) is 2. The van der Waals surface area contributed by atoms with Crippen molar-refractivity contribution >= 4 is 28.2 Å². The van der Waals surface area contributed by atoms with Crippen LogP contribution in [0.2, 0.25) is 0 Å². The zero-order valence-corrected chi connectivity index (χ0v) is 15.7. The van der Waals surface area contributed by atoms with E-state index in [9.17, 15) is 27.4 Å². The van der Waals surface area contributed by atoms with Gasteiger partial charge in [-0.05, 0) is 26.7 Å². The van der Waals surface area contributed by atoms with E-state index in [0.29, 0.717) is 6.29 Å². The summed E-state index contributed by atoms with van der Waals surface area (Å²) < 4.78 is 43.4. The van der Waals surface area contributed by atoms with Crippen LogP contribution in [0.1, 0.15) is 39.5 Å². The first-order valence-electron chi connectivity index (χ1n) is 8.64. The number of fused-ring (bicyclic) bond motifs is 2. The molecule has 0 aliphatic carbocycles. The number of esters is 1. The van der Waals surface area contributed by atoms with Crippen molar-refractivity contribution in [3.63, 3.8) is 0 Å². The Hall–Kier alpha value is -1.36. The van der Waals surface area contributed by atoms with Crippen LogP contribution in [0.25, 0.3) is 0 Å². The molecule has 2 fully saturated rings. The molecule has 0 saturated carbocycles.